The minimum absolute atomic E-state index is 0.0450. The van der Waals surface area contributed by atoms with Crippen molar-refractivity contribution in [2.24, 2.45) is 0 Å². The van der Waals surface area contributed by atoms with Gasteiger partial charge in [-0.25, -0.2) is 8.42 Å². The summed E-state index contributed by atoms with van der Waals surface area (Å²) >= 11 is 19.2. The van der Waals surface area contributed by atoms with Crippen molar-refractivity contribution in [2.45, 2.75) is 24.3 Å². The van der Waals surface area contributed by atoms with Crippen LogP contribution in [0.1, 0.15) is 19.4 Å². The van der Waals surface area contributed by atoms with Gasteiger partial charge in [0.15, 0.2) is 9.84 Å². The molecule has 5 nitrogen and oxygen atoms in total. The largest absolute Gasteiger partial charge is 0.384 e. The average Bonchev–Trinajstić information content (AvgIpc) is 2.75. The smallest absolute Gasteiger partial charge is 0.175 e. The molecule has 3 aromatic carbocycles. The van der Waals surface area contributed by atoms with E-state index in [4.69, 9.17) is 40.2 Å². The summed E-state index contributed by atoms with van der Waals surface area (Å²) in [4.78, 5) is 0.217. The molecule has 34 heavy (non-hydrogen) atoms. The zero-order valence-electron chi connectivity index (χ0n) is 18.7. The van der Waals surface area contributed by atoms with Gasteiger partial charge in [-0.1, -0.05) is 65.1 Å². The molecule has 0 unspecified atom stereocenters. The minimum Gasteiger partial charge on any atom is -0.384 e. The molecule has 0 saturated heterocycles. The summed E-state index contributed by atoms with van der Waals surface area (Å²) in [6.45, 7) is 3.02. The van der Waals surface area contributed by atoms with Gasteiger partial charge in [0.05, 0.1) is 31.4 Å². The number of anilines is 1. The van der Waals surface area contributed by atoms with E-state index in [1.54, 1.807) is 60.7 Å². The number of nitrogens with one attached hydrogen (secondary N) is 2. The van der Waals surface area contributed by atoms with Gasteiger partial charge in [0.25, 0.3) is 0 Å². The second kappa shape index (κ2) is 10.1. The van der Waals surface area contributed by atoms with Crippen molar-refractivity contribution < 1.29 is 13.5 Å². The van der Waals surface area contributed by atoms with Crippen LogP contribution in [-0.4, -0.2) is 31.1 Å². The number of hydrogen-bond acceptors (Lipinski definition) is 5. The van der Waals surface area contributed by atoms with Crippen LogP contribution in [0, 0.1) is 5.41 Å². The Hall–Kier alpha value is -2.35. The molecule has 0 bridgehead atoms. The molecule has 0 aliphatic rings. The molecule has 9 heteroatoms. The van der Waals surface area contributed by atoms with E-state index in [2.05, 4.69) is 5.32 Å². The number of hydrogen-bond donors (Lipinski definition) is 3. The van der Waals surface area contributed by atoms with Crippen molar-refractivity contribution in [1.29, 1.82) is 5.41 Å². The predicted octanol–water partition coefficient (Wildman–Crippen LogP) is 6.96. The maximum Gasteiger partial charge on any atom is 0.175 e. The van der Waals surface area contributed by atoms with Crippen LogP contribution in [0.2, 0.25) is 15.1 Å². The summed E-state index contributed by atoms with van der Waals surface area (Å²) in [6.07, 6.45) is 2.63. The molecule has 0 fully saturated rings. The monoisotopic (exact) mass is 536 g/mol. The zero-order chi connectivity index (χ0) is 25.3. The van der Waals surface area contributed by atoms with E-state index in [-0.39, 0.29) is 15.6 Å². The second-order valence-corrected chi connectivity index (χ2v) is 11.5. The van der Waals surface area contributed by atoms with Gasteiger partial charge in [0.2, 0.25) is 0 Å². The Labute approximate surface area is 214 Å². The van der Waals surface area contributed by atoms with Gasteiger partial charge in [-0.3, -0.25) is 0 Å². The van der Waals surface area contributed by atoms with Gasteiger partial charge in [-0.05, 0) is 61.4 Å². The van der Waals surface area contributed by atoms with Crippen molar-refractivity contribution in [3.63, 3.8) is 0 Å². The van der Waals surface area contributed by atoms with Crippen LogP contribution >= 0.6 is 34.8 Å². The van der Waals surface area contributed by atoms with Crippen molar-refractivity contribution >= 4 is 61.7 Å². The number of aliphatic hydroxyl groups is 1. The highest BCUT2D eigenvalue weighted by Crippen LogP contribution is 2.35. The first-order valence-electron chi connectivity index (χ1n) is 10.1. The van der Waals surface area contributed by atoms with Crippen molar-refractivity contribution in [1.82, 2.24) is 0 Å². The fourth-order valence-electron chi connectivity index (χ4n) is 3.06. The lowest BCUT2D eigenvalue weighted by Crippen LogP contribution is -2.29. The molecule has 0 aromatic heterocycles. The molecule has 0 spiro atoms. The highest BCUT2D eigenvalue weighted by molar-refractivity contribution is 7.90. The van der Waals surface area contributed by atoms with Gasteiger partial charge >= 0.3 is 0 Å². The summed E-state index contributed by atoms with van der Waals surface area (Å²) in [7, 11) is -3.35. The van der Waals surface area contributed by atoms with Gasteiger partial charge in [-0.15, -0.1) is 0 Å². The molecule has 0 radical (unpaired) electrons. The van der Waals surface area contributed by atoms with Crippen LogP contribution in [0.25, 0.3) is 16.8 Å². The third-order valence-corrected chi connectivity index (χ3v) is 7.27. The van der Waals surface area contributed by atoms with Crippen LogP contribution in [0.3, 0.4) is 0 Å². The van der Waals surface area contributed by atoms with Crippen LogP contribution < -0.4 is 5.32 Å². The van der Waals surface area contributed by atoms with Crippen LogP contribution in [0.15, 0.2) is 71.6 Å². The maximum absolute atomic E-state index is 11.9. The lowest BCUT2D eigenvalue weighted by Gasteiger charge is -2.20. The van der Waals surface area contributed by atoms with Crippen molar-refractivity contribution in [2.75, 3.05) is 11.6 Å². The standard InChI is InChI=1S/C25H23Cl3N2O3S/c1-25(2,31)23(29)14-22(18-8-5-9-19(26)24(18)28)30-21-11-10-16(13-20(21)27)15-6-4-7-17(12-15)34(3,32)33/h4-14,29-31H,1-3H3/b22-14-,29-23?. The fraction of sp³-hybridized carbons (Fsp3) is 0.160. The first kappa shape index (κ1) is 26.3. The predicted molar refractivity (Wildman–Crippen MR) is 142 cm³/mol. The van der Waals surface area contributed by atoms with Crippen LogP contribution in [0.4, 0.5) is 5.69 Å². The van der Waals surface area contributed by atoms with Crippen molar-refractivity contribution in [3.8, 4) is 11.1 Å². The number of sulfone groups is 1. The Morgan fingerprint density at radius 2 is 1.62 bits per heavy atom. The molecule has 3 rings (SSSR count). The SMILES string of the molecule is CC(C)(O)C(=N)/C=C(\Nc1ccc(-c2cccc(S(C)(=O)=O)c2)cc1Cl)c1cccc(Cl)c1Cl. The minimum atomic E-state index is -3.35. The number of rotatable bonds is 7. The number of halogens is 3. The van der Waals surface area contributed by atoms with E-state index in [0.717, 1.165) is 11.8 Å². The highest BCUT2D eigenvalue weighted by atomic mass is 35.5. The van der Waals surface area contributed by atoms with Crippen LogP contribution in [0.5, 0.6) is 0 Å². The molecular weight excluding hydrogens is 515 g/mol. The Morgan fingerprint density at radius 1 is 0.971 bits per heavy atom. The van der Waals surface area contributed by atoms with E-state index in [1.807, 2.05) is 0 Å². The molecule has 0 saturated carbocycles. The normalized spacial score (nSPS) is 12.5. The quantitative estimate of drug-likeness (QED) is 0.284. The van der Waals surface area contributed by atoms with Crippen LogP contribution in [-0.2, 0) is 9.84 Å². The molecule has 3 aromatic rings. The van der Waals surface area contributed by atoms with E-state index in [0.29, 0.717) is 32.6 Å². The molecule has 0 aliphatic heterocycles. The Bertz CT molecular complexity index is 1390. The maximum atomic E-state index is 11.9. The Balaban J connectivity index is 2.03. The summed E-state index contributed by atoms with van der Waals surface area (Å²) in [5.74, 6) is 0. The van der Waals surface area contributed by atoms with E-state index < -0.39 is 15.4 Å². The molecule has 0 heterocycles. The zero-order valence-corrected chi connectivity index (χ0v) is 21.7. The van der Waals surface area contributed by atoms with E-state index in [1.165, 1.54) is 19.9 Å². The topological polar surface area (TPSA) is 90.2 Å². The van der Waals surface area contributed by atoms with Gasteiger partial charge in [0, 0.05) is 17.5 Å². The summed E-state index contributed by atoms with van der Waals surface area (Å²) in [6, 6.07) is 17.0. The second-order valence-electron chi connectivity index (χ2n) is 8.25. The Morgan fingerprint density at radius 3 is 2.24 bits per heavy atom. The van der Waals surface area contributed by atoms with E-state index in [9.17, 15) is 13.5 Å². The molecule has 0 atom stereocenters. The Kier molecular flexibility index (Phi) is 7.80. The van der Waals surface area contributed by atoms with Gasteiger partial charge < -0.3 is 15.8 Å². The summed E-state index contributed by atoms with van der Waals surface area (Å²) in [5.41, 5.74) is 1.49. The third kappa shape index (κ3) is 6.20. The lowest BCUT2D eigenvalue weighted by molar-refractivity contribution is 0.154. The molecule has 0 aliphatic carbocycles. The fourth-order valence-corrected chi connectivity index (χ4v) is 4.36. The molecule has 178 valence electrons. The summed E-state index contributed by atoms with van der Waals surface area (Å²) in [5, 5.41) is 22.7. The highest BCUT2D eigenvalue weighted by Gasteiger charge is 2.20. The van der Waals surface area contributed by atoms with Gasteiger partial charge in [-0.2, -0.15) is 0 Å². The van der Waals surface area contributed by atoms with E-state index >= 15 is 0 Å². The molecule has 3 N–H and O–H groups in total. The first-order chi connectivity index (χ1) is 15.8. The number of benzene rings is 3. The summed E-state index contributed by atoms with van der Waals surface area (Å²) < 4.78 is 23.8. The van der Waals surface area contributed by atoms with Gasteiger partial charge in [0.1, 0.15) is 5.60 Å². The molecule has 0 amide bonds. The lowest BCUT2D eigenvalue weighted by atomic mass is 10.00. The average molecular weight is 538 g/mol. The van der Waals surface area contributed by atoms with Crippen molar-refractivity contribution in [3.05, 3.63) is 87.4 Å². The third-order valence-electron chi connectivity index (χ3n) is 5.02. The molecular formula is C25H23Cl3N2O3S. The first-order valence-corrected chi connectivity index (χ1v) is 13.1.